The van der Waals surface area contributed by atoms with Crippen LogP contribution in [0.15, 0.2) is 22.5 Å². The van der Waals surface area contributed by atoms with E-state index < -0.39 is 5.69 Å². The number of allylic oxidation sites excluding steroid dienone is 2. The number of likely N-dealkylation sites (tertiary alicyclic amines) is 1. The Morgan fingerprint density at radius 1 is 1.30 bits per heavy atom. The van der Waals surface area contributed by atoms with Gasteiger partial charge >= 0.3 is 5.69 Å². The second-order valence-electron chi connectivity index (χ2n) is 7.96. The molecule has 1 fully saturated rings. The van der Waals surface area contributed by atoms with Gasteiger partial charge in [-0.25, -0.2) is 4.79 Å². The average molecular weight is 315 g/mol. The van der Waals surface area contributed by atoms with Crippen molar-refractivity contribution in [1.29, 1.82) is 0 Å². The maximum atomic E-state index is 12.8. The molecular formula is C18H25N3O2. The van der Waals surface area contributed by atoms with Crippen LogP contribution in [0.2, 0.25) is 0 Å². The van der Waals surface area contributed by atoms with Crippen molar-refractivity contribution in [3.8, 4) is 0 Å². The predicted octanol–water partition coefficient (Wildman–Crippen LogP) is 2.50. The van der Waals surface area contributed by atoms with Crippen LogP contribution in [0.1, 0.15) is 56.7 Å². The number of nitrogens with zero attached hydrogens (tertiary/aromatic N) is 2. The van der Waals surface area contributed by atoms with E-state index in [1.807, 2.05) is 25.7 Å². The molecule has 0 unspecified atom stereocenters. The van der Waals surface area contributed by atoms with E-state index in [0.29, 0.717) is 11.8 Å². The molecule has 2 atom stereocenters. The quantitative estimate of drug-likeness (QED) is 0.810. The second-order valence-corrected chi connectivity index (χ2v) is 7.96. The van der Waals surface area contributed by atoms with E-state index in [9.17, 15) is 9.59 Å². The summed E-state index contributed by atoms with van der Waals surface area (Å²) in [4.78, 5) is 33.1. The Hall–Kier alpha value is -1.91. The number of hydrogen-bond acceptors (Lipinski definition) is 3. The molecule has 1 amide bonds. The van der Waals surface area contributed by atoms with Crippen molar-refractivity contribution in [3.63, 3.8) is 0 Å². The molecule has 5 heteroatoms. The van der Waals surface area contributed by atoms with E-state index in [2.05, 4.69) is 23.0 Å². The van der Waals surface area contributed by atoms with Crippen LogP contribution < -0.4 is 5.69 Å². The number of aromatic amines is 1. The summed E-state index contributed by atoms with van der Waals surface area (Å²) in [5, 5.41) is 0. The number of hydrogen-bond donors (Lipinski definition) is 1. The van der Waals surface area contributed by atoms with Crippen LogP contribution >= 0.6 is 0 Å². The van der Waals surface area contributed by atoms with Crippen molar-refractivity contribution >= 4 is 5.91 Å². The molecule has 0 spiro atoms. The van der Waals surface area contributed by atoms with Gasteiger partial charge in [0.05, 0.1) is 0 Å². The van der Waals surface area contributed by atoms with Crippen molar-refractivity contribution in [3.05, 3.63) is 39.6 Å². The van der Waals surface area contributed by atoms with Crippen LogP contribution in [-0.2, 0) is 5.41 Å². The van der Waals surface area contributed by atoms with Gasteiger partial charge in [0.1, 0.15) is 5.69 Å². The average Bonchev–Trinajstić information content (AvgIpc) is 2.87. The van der Waals surface area contributed by atoms with Gasteiger partial charge in [-0.15, -0.1) is 0 Å². The van der Waals surface area contributed by atoms with Gasteiger partial charge in [-0.1, -0.05) is 32.4 Å². The Kier molecular flexibility index (Phi) is 3.90. The summed E-state index contributed by atoms with van der Waals surface area (Å²) in [5.41, 5.74) is 1.76. The molecule has 124 valence electrons. The highest BCUT2D eigenvalue weighted by Gasteiger charge is 2.37. The molecule has 0 saturated carbocycles. The minimum absolute atomic E-state index is 0.117. The molecule has 2 aliphatic rings. The molecule has 1 aliphatic heterocycles. The molecule has 23 heavy (non-hydrogen) atoms. The summed E-state index contributed by atoms with van der Waals surface area (Å²) >= 11 is 0. The fourth-order valence-electron chi connectivity index (χ4n) is 3.59. The normalized spacial score (nSPS) is 24.3. The van der Waals surface area contributed by atoms with Crippen molar-refractivity contribution in [1.82, 2.24) is 14.9 Å². The van der Waals surface area contributed by atoms with Crippen molar-refractivity contribution in [2.24, 2.45) is 11.8 Å². The molecular weight excluding hydrogens is 290 g/mol. The molecule has 0 bridgehead atoms. The van der Waals surface area contributed by atoms with Crippen LogP contribution in [0, 0.1) is 11.8 Å². The number of fused-ring (bicyclic) bond motifs is 1. The summed E-state index contributed by atoms with van der Waals surface area (Å²) in [6.45, 7) is 9.72. The fraction of sp³-hybridized carbons (Fsp3) is 0.611. The lowest BCUT2D eigenvalue weighted by Crippen LogP contribution is -2.33. The van der Waals surface area contributed by atoms with Gasteiger partial charge in [-0.2, -0.15) is 4.98 Å². The maximum absolute atomic E-state index is 12.8. The van der Waals surface area contributed by atoms with E-state index in [-0.39, 0.29) is 17.0 Å². The van der Waals surface area contributed by atoms with Crippen molar-refractivity contribution in [2.75, 3.05) is 13.1 Å². The van der Waals surface area contributed by atoms with Gasteiger partial charge in [-0.3, -0.25) is 4.79 Å². The van der Waals surface area contributed by atoms with E-state index in [4.69, 9.17) is 0 Å². The number of nitrogens with one attached hydrogen (secondary N) is 1. The van der Waals surface area contributed by atoms with Crippen LogP contribution in [-0.4, -0.2) is 33.9 Å². The zero-order valence-electron chi connectivity index (χ0n) is 14.3. The van der Waals surface area contributed by atoms with E-state index in [1.54, 1.807) is 6.07 Å². The predicted molar refractivity (Wildman–Crippen MR) is 89.4 cm³/mol. The summed E-state index contributed by atoms with van der Waals surface area (Å²) in [7, 11) is 0. The van der Waals surface area contributed by atoms with Crippen LogP contribution in [0.3, 0.4) is 0 Å². The molecule has 0 radical (unpaired) electrons. The highest BCUT2D eigenvalue weighted by Crippen LogP contribution is 2.36. The van der Waals surface area contributed by atoms with Gasteiger partial charge in [0, 0.05) is 24.2 Å². The van der Waals surface area contributed by atoms with Gasteiger partial charge in [0.15, 0.2) is 0 Å². The molecule has 1 saturated heterocycles. The highest BCUT2D eigenvalue weighted by molar-refractivity contribution is 5.92. The Bertz CT molecular complexity index is 712. The molecule has 5 nitrogen and oxygen atoms in total. The first-order valence-corrected chi connectivity index (χ1v) is 8.31. The zero-order valence-corrected chi connectivity index (χ0v) is 14.3. The van der Waals surface area contributed by atoms with E-state index >= 15 is 0 Å². The zero-order chi connectivity index (χ0) is 16.8. The van der Waals surface area contributed by atoms with Crippen LogP contribution in [0.4, 0.5) is 0 Å². The summed E-state index contributed by atoms with van der Waals surface area (Å²) < 4.78 is 0. The third kappa shape index (κ3) is 3.23. The lowest BCUT2D eigenvalue weighted by atomic mass is 9.83. The van der Waals surface area contributed by atoms with Gasteiger partial charge in [0.25, 0.3) is 5.91 Å². The Morgan fingerprint density at radius 3 is 2.70 bits per heavy atom. The molecule has 1 aromatic rings. The monoisotopic (exact) mass is 315 g/mol. The van der Waals surface area contributed by atoms with Crippen LogP contribution in [0.5, 0.6) is 0 Å². The topological polar surface area (TPSA) is 66.1 Å². The van der Waals surface area contributed by atoms with E-state index in [1.165, 1.54) is 5.57 Å². The second kappa shape index (κ2) is 5.62. The minimum Gasteiger partial charge on any atom is -0.337 e. The van der Waals surface area contributed by atoms with Gasteiger partial charge < -0.3 is 9.88 Å². The molecule has 3 rings (SSSR count). The number of carbonyl (C=O) groups excluding carboxylic acids is 1. The fourth-order valence-corrected chi connectivity index (χ4v) is 3.59. The Labute approximate surface area is 136 Å². The van der Waals surface area contributed by atoms with Gasteiger partial charge in [-0.05, 0) is 37.7 Å². The molecule has 1 N–H and O–H groups in total. The first-order chi connectivity index (χ1) is 10.7. The highest BCUT2D eigenvalue weighted by atomic mass is 16.2. The summed E-state index contributed by atoms with van der Waals surface area (Å²) in [5.74, 6) is 0.980. The minimum atomic E-state index is -0.449. The number of rotatable bonds is 1. The first kappa shape index (κ1) is 16.0. The summed E-state index contributed by atoms with van der Waals surface area (Å²) in [6.07, 6.45) is 4.42. The SMILES string of the molecule is CC1=CC[C@@H]2CN(C(=O)c3cc(C(C)(C)C)[nH]c(=O)n3)C[C@@H]2C1. The first-order valence-electron chi connectivity index (χ1n) is 8.31. The van der Waals surface area contributed by atoms with Crippen LogP contribution in [0.25, 0.3) is 0 Å². The Morgan fingerprint density at radius 2 is 2.00 bits per heavy atom. The third-order valence-electron chi connectivity index (χ3n) is 4.99. The van der Waals surface area contributed by atoms with Crippen molar-refractivity contribution in [2.45, 2.75) is 46.0 Å². The third-order valence-corrected chi connectivity index (χ3v) is 4.99. The molecule has 0 aromatic carbocycles. The van der Waals surface area contributed by atoms with Crippen molar-refractivity contribution < 1.29 is 4.79 Å². The number of carbonyl (C=O) groups is 1. The number of amides is 1. The lowest BCUT2D eigenvalue weighted by Gasteiger charge is -2.21. The summed E-state index contributed by atoms with van der Waals surface area (Å²) in [6, 6.07) is 1.73. The number of aromatic nitrogens is 2. The standard InChI is InChI=1S/C18H25N3O2/c1-11-5-6-12-9-21(10-13(12)7-11)16(22)14-8-15(18(2,3)4)20-17(23)19-14/h5,8,12-13H,6-7,9-10H2,1-4H3,(H,19,20,23)/t12-,13+/m1/s1. The maximum Gasteiger partial charge on any atom is 0.345 e. The molecule has 2 heterocycles. The largest absolute Gasteiger partial charge is 0.345 e. The van der Waals surface area contributed by atoms with Gasteiger partial charge in [0.2, 0.25) is 0 Å². The molecule has 1 aliphatic carbocycles. The molecule has 1 aromatic heterocycles. The number of H-pyrrole nitrogens is 1. The lowest BCUT2D eigenvalue weighted by molar-refractivity contribution is 0.0777. The van der Waals surface area contributed by atoms with E-state index in [0.717, 1.165) is 31.6 Å². The smallest absolute Gasteiger partial charge is 0.337 e. The Balaban J connectivity index is 1.82.